The van der Waals surface area contributed by atoms with Crippen molar-refractivity contribution in [1.29, 1.82) is 0 Å². The molecule has 0 saturated heterocycles. The number of phenolic OH excluding ortho intramolecular Hbond substituents is 1. The van der Waals surface area contributed by atoms with E-state index < -0.39 is 0 Å². The Hall–Kier alpha value is -2.43. The van der Waals surface area contributed by atoms with Crippen LogP contribution in [0.1, 0.15) is 13.3 Å². The molecule has 2 aliphatic heterocycles. The Balaban J connectivity index is 2.04. The number of hydrogen-bond donors (Lipinski definition) is 1. The number of carbonyl (C=O) groups excluding carboxylic acids is 1. The van der Waals surface area contributed by atoms with Crippen molar-refractivity contribution < 1.29 is 19.4 Å². The summed E-state index contributed by atoms with van der Waals surface area (Å²) in [6.07, 6.45) is 3.57. The molecule has 0 saturated carbocycles. The number of ether oxygens (including phenoxy) is 2. The summed E-state index contributed by atoms with van der Waals surface area (Å²) in [5.74, 6) is 0.832. The Morgan fingerprint density at radius 1 is 1.35 bits per heavy atom. The number of benzene rings is 1. The lowest BCUT2D eigenvalue weighted by molar-refractivity contribution is -0.116. The van der Waals surface area contributed by atoms with Crippen molar-refractivity contribution in [1.82, 2.24) is 0 Å². The first kappa shape index (κ1) is 12.6. The molecule has 0 spiro atoms. The van der Waals surface area contributed by atoms with Gasteiger partial charge in [-0.25, -0.2) is 0 Å². The topological polar surface area (TPSA) is 59.0 Å². The number of ketones is 1. The summed E-state index contributed by atoms with van der Waals surface area (Å²) in [6.45, 7) is 1.93. The van der Waals surface area contributed by atoms with Gasteiger partial charge in [0.1, 0.15) is 18.1 Å². The number of phenols is 1. The minimum Gasteiger partial charge on any atom is -0.506 e. The Bertz CT molecular complexity index is 606. The number of nitrogens with zero attached hydrogens (tertiary/aromatic N) is 1. The minimum atomic E-state index is -0.290. The molecule has 0 unspecified atom stereocenters. The van der Waals surface area contributed by atoms with E-state index in [0.29, 0.717) is 23.4 Å². The van der Waals surface area contributed by atoms with Gasteiger partial charge < -0.3 is 19.5 Å². The summed E-state index contributed by atoms with van der Waals surface area (Å²) in [7, 11) is 0. The lowest BCUT2D eigenvalue weighted by Gasteiger charge is -2.34. The van der Waals surface area contributed by atoms with Gasteiger partial charge in [0, 0.05) is 18.2 Å². The van der Waals surface area contributed by atoms with Crippen LogP contribution >= 0.6 is 0 Å². The summed E-state index contributed by atoms with van der Waals surface area (Å²) in [6, 6.07) is 6.73. The highest BCUT2D eigenvalue weighted by molar-refractivity contribution is 5.97. The van der Waals surface area contributed by atoms with Crippen molar-refractivity contribution in [3.8, 4) is 5.75 Å². The molecule has 0 bridgehead atoms. The molecule has 1 aromatic rings. The third-order valence-corrected chi connectivity index (χ3v) is 3.47. The average Bonchev–Trinajstić information content (AvgIpc) is 2.96. The van der Waals surface area contributed by atoms with Crippen LogP contribution in [-0.4, -0.2) is 23.7 Å². The highest BCUT2D eigenvalue weighted by atomic mass is 16.7. The number of aromatic hydroxyl groups is 1. The number of Topliss-reactive ketones (excluding diaryl/α,β-unsaturated/α-hetero) is 1. The van der Waals surface area contributed by atoms with Gasteiger partial charge in [0.25, 0.3) is 0 Å². The second kappa shape index (κ2) is 4.92. The van der Waals surface area contributed by atoms with E-state index >= 15 is 0 Å². The maximum atomic E-state index is 11.9. The van der Waals surface area contributed by atoms with Gasteiger partial charge in [0.15, 0.2) is 11.5 Å². The van der Waals surface area contributed by atoms with Crippen molar-refractivity contribution in [2.45, 2.75) is 19.4 Å². The Labute approximate surface area is 116 Å². The normalized spacial score (nSPS) is 21.9. The molecule has 0 aromatic heterocycles. The van der Waals surface area contributed by atoms with Gasteiger partial charge in [-0.1, -0.05) is 12.1 Å². The molecule has 2 aliphatic rings. The van der Waals surface area contributed by atoms with Gasteiger partial charge in [-0.15, -0.1) is 0 Å². The summed E-state index contributed by atoms with van der Waals surface area (Å²) in [4.78, 5) is 13.8. The van der Waals surface area contributed by atoms with Crippen LogP contribution in [0.4, 0.5) is 5.69 Å². The minimum absolute atomic E-state index is 0.0677. The van der Waals surface area contributed by atoms with E-state index in [1.807, 2.05) is 11.0 Å². The molecule has 2 heterocycles. The molecular weight excluding hydrogens is 258 g/mol. The predicted molar refractivity (Wildman–Crippen MR) is 72.9 cm³/mol. The van der Waals surface area contributed by atoms with Gasteiger partial charge in [0.2, 0.25) is 6.79 Å². The fourth-order valence-corrected chi connectivity index (χ4v) is 2.39. The lowest BCUT2D eigenvalue weighted by atomic mass is 9.98. The smallest absolute Gasteiger partial charge is 0.229 e. The molecule has 5 nitrogen and oxygen atoms in total. The molecule has 1 aromatic carbocycles. The van der Waals surface area contributed by atoms with E-state index in [1.165, 1.54) is 6.26 Å². The molecule has 0 radical (unpaired) electrons. The third-order valence-electron chi connectivity index (χ3n) is 3.47. The van der Waals surface area contributed by atoms with E-state index in [0.717, 1.165) is 0 Å². The van der Waals surface area contributed by atoms with Crippen molar-refractivity contribution >= 4 is 11.5 Å². The van der Waals surface area contributed by atoms with Crippen LogP contribution in [0, 0.1) is 0 Å². The SMILES string of the molecule is CC1=CN(c2ccccc2O)[C@@H](C2=COCO2)CC1=O. The number of allylic oxidation sites excluding steroid dienone is 1. The van der Waals surface area contributed by atoms with Crippen molar-refractivity contribution in [2.75, 3.05) is 11.7 Å². The van der Waals surface area contributed by atoms with E-state index in [1.54, 1.807) is 31.3 Å². The average molecular weight is 273 g/mol. The first-order valence-corrected chi connectivity index (χ1v) is 6.39. The molecule has 104 valence electrons. The van der Waals surface area contributed by atoms with Crippen LogP contribution in [0.25, 0.3) is 0 Å². The second-order valence-corrected chi connectivity index (χ2v) is 4.80. The molecule has 0 fully saturated rings. The summed E-state index contributed by atoms with van der Waals surface area (Å²) in [5, 5.41) is 10.0. The van der Waals surface area contributed by atoms with Crippen molar-refractivity contribution in [3.63, 3.8) is 0 Å². The van der Waals surface area contributed by atoms with Crippen LogP contribution in [0.15, 0.2) is 48.1 Å². The maximum absolute atomic E-state index is 11.9. The Kier molecular flexibility index (Phi) is 3.10. The quantitative estimate of drug-likeness (QED) is 0.896. The predicted octanol–water partition coefficient (Wildman–Crippen LogP) is 2.29. The highest BCUT2D eigenvalue weighted by Gasteiger charge is 2.33. The van der Waals surface area contributed by atoms with Gasteiger partial charge in [0.05, 0.1) is 5.69 Å². The zero-order valence-corrected chi connectivity index (χ0v) is 11.1. The van der Waals surface area contributed by atoms with Crippen molar-refractivity contribution in [2.24, 2.45) is 0 Å². The molecule has 20 heavy (non-hydrogen) atoms. The second-order valence-electron chi connectivity index (χ2n) is 4.80. The Morgan fingerprint density at radius 2 is 2.15 bits per heavy atom. The Morgan fingerprint density at radius 3 is 2.85 bits per heavy atom. The fraction of sp³-hybridized carbons (Fsp3) is 0.267. The largest absolute Gasteiger partial charge is 0.506 e. The van der Waals surface area contributed by atoms with Crippen LogP contribution in [0.2, 0.25) is 0 Å². The summed E-state index contributed by atoms with van der Waals surface area (Å²) >= 11 is 0. The number of hydrogen-bond acceptors (Lipinski definition) is 5. The lowest BCUT2D eigenvalue weighted by Crippen LogP contribution is -2.39. The first-order chi connectivity index (χ1) is 9.66. The standard InChI is InChI=1S/C15H15NO4/c1-10-7-16(11-4-2-3-5-13(11)17)12(6-14(10)18)15-8-19-9-20-15/h2-5,7-8,12,17H,6,9H2,1H3/t12-/m1/s1. The monoisotopic (exact) mass is 273 g/mol. The van der Waals surface area contributed by atoms with E-state index in [4.69, 9.17) is 9.47 Å². The third kappa shape index (κ3) is 2.11. The van der Waals surface area contributed by atoms with Crippen LogP contribution in [-0.2, 0) is 14.3 Å². The van der Waals surface area contributed by atoms with Crippen LogP contribution in [0.5, 0.6) is 5.75 Å². The van der Waals surface area contributed by atoms with E-state index in [2.05, 4.69) is 0 Å². The molecule has 0 amide bonds. The fourth-order valence-electron chi connectivity index (χ4n) is 2.39. The highest BCUT2D eigenvalue weighted by Crippen LogP contribution is 2.35. The van der Waals surface area contributed by atoms with E-state index in [9.17, 15) is 9.90 Å². The molecule has 1 N–H and O–H groups in total. The zero-order valence-electron chi connectivity index (χ0n) is 11.1. The number of para-hydroxylation sites is 2. The van der Waals surface area contributed by atoms with Gasteiger partial charge in [-0.05, 0) is 19.1 Å². The molecule has 1 atom stereocenters. The molecular formula is C15H15NO4. The number of anilines is 1. The molecule has 0 aliphatic carbocycles. The van der Waals surface area contributed by atoms with Gasteiger partial charge >= 0.3 is 0 Å². The first-order valence-electron chi connectivity index (χ1n) is 6.39. The van der Waals surface area contributed by atoms with Crippen LogP contribution in [0.3, 0.4) is 0 Å². The van der Waals surface area contributed by atoms with E-state index in [-0.39, 0.29) is 24.4 Å². The maximum Gasteiger partial charge on any atom is 0.229 e. The van der Waals surface area contributed by atoms with Gasteiger partial charge in [-0.2, -0.15) is 0 Å². The summed E-state index contributed by atoms with van der Waals surface area (Å²) < 4.78 is 10.5. The molecule has 5 heteroatoms. The number of rotatable bonds is 2. The van der Waals surface area contributed by atoms with Crippen LogP contribution < -0.4 is 4.90 Å². The van der Waals surface area contributed by atoms with Crippen molar-refractivity contribution in [3.05, 3.63) is 48.1 Å². The van der Waals surface area contributed by atoms with Gasteiger partial charge in [-0.3, -0.25) is 4.79 Å². The summed E-state index contributed by atoms with van der Waals surface area (Å²) in [5.41, 5.74) is 1.30. The molecule has 3 rings (SSSR count). The zero-order chi connectivity index (χ0) is 14.1. The number of carbonyl (C=O) groups is 1.